The zero-order valence-electron chi connectivity index (χ0n) is 11.8. The molecular formula is C14H21NO4. The van der Waals surface area contributed by atoms with Crippen molar-refractivity contribution in [2.45, 2.75) is 38.8 Å². The standard InChI is InChI=1S/C14H21NO4/c1-14(2,3)19-13(17)15-11-9-6-5-8(7-9)10(11)12(16)18-4/h5-6,8-11H,7H2,1-4H3,(H,15,17)/t8-,9+,10+,11-/m0/s1. The van der Waals surface area contributed by atoms with E-state index in [4.69, 9.17) is 9.47 Å². The first-order valence-corrected chi connectivity index (χ1v) is 6.57. The van der Waals surface area contributed by atoms with Crippen molar-refractivity contribution >= 4 is 12.1 Å². The summed E-state index contributed by atoms with van der Waals surface area (Å²) in [7, 11) is 1.38. The largest absolute Gasteiger partial charge is 0.469 e. The lowest BCUT2D eigenvalue weighted by molar-refractivity contribution is -0.147. The Morgan fingerprint density at radius 1 is 1.21 bits per heavy atom. The third-order valence-corrected chi connectivity index (χ3v) is 3.62. The Balaban J connectivity index is 2.04. The molecule has 19 heavy (non-hydrogen) atoms. The number of amides is 1. The number of fused-ring (bicyclic) bond motifs is 2. The number of alkyl carbamates (subject to hydrolysis) is 1. The van der Waals surface area contributed by atoms with Crippen LogP contribution < -0.4 is 5.32 Å². The Bertz CT molecular complexity index is 410. The summed E-state index contributed by atoms with van der Waals surface area (Å²) < 4.78 is 10.1. The molecule has 1 fully saturated rings. The molecule has 5 nitrogen and oxygen atoms in total. The first kappa shape index (κ1) is 13.9. The second kappa shape index (κ2) is 4.87. The van der Waals surface area contributed by atoms with Crippen LogP contribution in [0.2, 0.25) is 0 Å². The van der Waals surface area contributed by atoms with Gasteiger partial charge in [0.2, 0.25) is 0 Å². The van der Waals surface area contributed by atoms with Gasteiger partial charge in [-0.25, -0.2) is 4.79 Å². The fraction of sp³-hybridized carbons (Fsp3) is 0.714. The van der Waals surface area contributed by atoms with Gasteiger partial charge >= 0.3 is 12.1 Å². The topological polar surface area (TPSA) is 64.6 Å². The second-order valence-corrected chi connectivity index (χ2v) is 6.17. The van der Waals surface area contributed by atoms with Crippen LogP contribution in [0, 0.1) is 17.8 Å². The molecule has 0 aromatic heterocycles. The molecule has 0 radical (unpaired) electrons. The number of hydrogen-bond acceptors (Lipinski definition) is 4. The van der Waals surface area contributed by atoms with Gasteiger partial charge in [-0.05, 0) is 39.0 Å². The summed E-state index contributed by atoms with van der Waals surface area (Å²) in [4.78, 5) is 23.7. The highest BCUT2D eigenvalue weighted by atomic mass is 16.6. The smallest absolute Gasteiger partial charge is 0.407 e. The summed E-state index contributed by atoms with van der Waals surface area (Å²) in [5.41, 5.74) is -0.543. The van der Waals surface area contributed by atoms with Crippen LogP contribution >= 0.6 is 0 Å². The quantitative estimate of drug-likeness (QED) is 0.613. The van der Waals surface area contributed by atoms with Crippen molar-refractivity contribution in [3.05, 3.63) is 12.2 Å². The van der Waals surface area contributed by atoms with Gasteiger partial charge in [0, 0.05) is 0 Å². The van der Waals surface area contributed by atoms with Gasteiger partial charge in [-0.15, -0.1) is 0 Å². The van der Waals surface area contributed by atoms with Gasteiger partial charge in [0.25, 0.3) is 0 Å². The highest BCUT2D eigenvalue weighted by molar-refractivity contribution is 5.77. The molecule has 1 N–H and O–H groups in total. The summed E-state index contributed by atoms with van der Waals surface area (Å²) in [6, 6.07) is -0.225. The third-order valence-electron chi connectivity index (χ3n) is 3.62. The summed E-state index contributed by atoms with van der Waals surface area (Å²) in [6.07, 6.45) is 4.51. The van der Waals surface area contributed by atoms with Crippen LogP contribution in [0.5, 0.6) is 0 Å². The van der Waals surface area contributed by atoms with Crippen LogP contribution in [0.15, 0.2) is 12.2 Å². The number of allylic oxidation sites excluding steroid dienone is 1. The number of ether oxygens (including phenoxy) is 2. The van der Waals surface area contributed by atoms with Crippen molar-refractivity contribution in [3.63, 3.8) is 0 Å². The van der Waals surface area contributed by atoms with Crippen LogP contribution in [-0.2, 0) is 14.3 Å². The molecular weight excluding hydrogens is 246 g/mol. The number of rotatable bonds is 2. The molecule has 0 saturated heterocycles. The van der Waals surface area contributed by atoms with E-state index in [1.807, 2.05) is 26.8 Å². The van der Waals surface area contributed by atoms with Gasteiger partial charge in [0.05, 0.1) is 19.1 Å². The summed E-state index contributed by atoms with van der Waals surface area (Å²) in [6.45, 7) is 5.43. The fourth-order valence-electron chi connectivity index (χ4n) is 2.92. The predicted octanol–water partition coefficient (Wildman–Crippen LogP) is 1.87. The first-order chi connectivity index (χ1) is 8.81. The minimum absolute atomic E-state index is 0.164. The van der Waals surface area contributed by atoms with Crippen molar-refractivity contribution in [1.82, 2.24) is 5.32 Å². The SMILES string of the molecule is COC(=O)[C@H]1[C@@H](NC(=O)OC(C)(C)C)[C@@H]2C=C[C@H]1C2. The average Bonchev–Trinajstić information content (AvgIpc) is 2.85. The Kier molecular flexibility index (Phi) is 3.56. The van der Waals surface area contributed by atoms with Crippen LogP contribution in [0.3, 0.4) is 0 Å². The maximum atomic E-state index is 11.8. The maximum absolute atomic E-state index is 11.8. The van der Waals surface area contributed by atoms with Crippen LogP contribution in [-0.4, -0.2) is 30.8 Å². The zero-order chi connectivity index (χ0) is 14.2. The molecule has 2 bridgehead atoms. The molecule has 106 valence electrons. The lowest BCUT2D eigenvalue weighted by Crippen LogP contribution is -2.47. The molecule has 4 atom stereocenters. The molecule has 0 aliphatic heterocycles. The van der Waals surface area contributed by atoms with E-state index in [-0.39, 0.29) is 29.8 Å². The van der Waals surface area contributed by atoms with E-state index >= 15 is 0 Å². The lowest BCUT2D eigenvalue weighted by atomic mass is 9.89. The Hall–Kier alpha value is -1.52. The molecule has 0 spiro atoms. The Labute approximate surface area is 113 Å². The molecule has 0 aromatic rings. The Morgan fingerprint density at radius 3 is 2.42 bits per heavy atom. The van der Waals surface area contributed by atoms with Gasteiger partial charge < -0.3 is 14.8 Å². The van der Waals surface area contributed by atoms with E-state index < -0.39 is 11.7 Å². The predicted molar refractivity (Wildman–Crippen MR) is 69.4 cm³/mol. The lowest BCUT2D eigenvalue weighted by Gasteiger charge is -2.28. The molecule has 1 amide bonds. The number of carbonyl (C=O) groups is 2. The van der Waals surface area contributed by atoms with E-state index in [1.165, 1.54) is 7.11 Å². The second-order valence-electron chi connectivity index (χ2n) is 6.17. The molecule has 2 rings (SSSR count). The van der Waals surface area contributed by atoms with E-state index in [0.29, 0.717) is 0 Å². The molecule has 2 aliphatic carbocycles. The third kappa shape index (κ3) is 2.91. The molecule has 2 aliphatic rings. The van der Waals surface area contributed by atoms with Crippen molar-refractivity contribution in [2.75, 3.05) is 7.11 Å². The summed E-state index contributed by atoms with van der Waals surface area (Å²) in [5, 5.41) is 2.82. The normalized spacial score (nSPS) is 32.2. The van der Waals surface area contributed by atoms with Gasteiger partial charge in [0.15, 0.2) is 0 Å². The molecule has 5 heteroatoms. The highest BCUT2D eigenvalue weighted by Crippen LogP contribution is 2.44. The van der Waals surface area contributed by atoms with E-state index in [0.717, 1.165) is 6.42 Å². The van der Waals surface area contributed by atoms with E-state index in [1.54, 1.807) is 0 Å². The number of methoxy groups -OCH3 is 1. The fourth-order valence-corrected chi connectivity index (χ4v) is 2.92. The van der Waals surface area contributed by atoms with Gasteiger partial charge in [-0.3, -0.25) is 4.79 Å². The molecule has 0 aromatic carbocycles. The molecule has 0 heterocycles. The van der Waals surface area contributed by atoms with Crippen molar-refractivity contribution < 1.29 is 19.1 Å². The van der Waals surface area contributed by atoms with Crippen molar-refractivity contribution in [2.24, 2.45) is 17.8 Å². The Morgan fingerprint density at radius 2 is 1.84 bits per heavy atom. The number of esters is 1. The first-order valence-electron chi connectivity index (χ1n) is 6.57. The molecule has 0 unspecified atom stereocenters. The monoisotopic (exact) mass is 267 g/mol. The molecule has 1 saturated carbocycles. The van der Waals surface area contributed by atoms with Crippen molar-refractivity contribution in [3.8, 4) is 0 Å². The van der Waals surface area contributed by atoms with Crippen molar-refractivity contribution in [1.29, 1.82) is 0 Å². The average molecular weight is 267 g/mol. The minimum Gasteiger partial charge on any atom is -0.469 e. The number of nitrogens with one attached hydrogen (secondary N) is 1. The van der Waals surface area contributed by atoms with Gasteiger partial charge in [-0.2, -0.15) is 0 Å². The highest BCUT2D eigenvalue weighted by Gasteiger charge is 2.49. The van der Waals surface area contributed by atoms with Gasteiger partial charge in [-0.1, -0.05) is 12.2 Å². The summed E-state index contributed by atoms with van der Waals surface area (Å²) >= 11 is 0. The van der Waals surface area contributed by atoms with E-state index in [9.17, 15) is 9.59 Å². The minimum atomic E-state index is -0.543. The van der Waals surface area contributed by atoms with Crippen LogP contribution in [0.25, 0.3) is 0 Å². The maximum Gasteiger partial charge on any atom is 0.407 e. The van der Waals surface area contributed by atoms with E-state index in [2.05, 4.69) is 11.4 Å². The summed E-state index contributed by atoms with van der Waals surface area (Å²) in [5.74, 6) is -0.204. The number of carbonyl (C=O) groups excluding carboxylic acids is 2. The van der Waals surface area contributed by atoms with Gasteiger partial charge in [0.1, 0.15) is 5.60 Å². The number of hydrogen-bond donors (Lipinski definition) is 1. The van der Waals surface area contributed by atoms with Crippen LogP contribution in [0.1, 0.15) is 27.2 Å². The zero-order valence-corrected chi connectivity index (χ0v) is 11.8. The van der Waals surface area contributed by atoms with Crippen LogP contribution in [0.4, 0.5) is 4.79 Å².